The molecule has 2 unspecified atom stereocenters. The van der Waals surface area contributed by atoms with Crippen LogP contribution in [-0.4, -0.2) is 47.7 Å². The van der Waals surface area contributed by atoms with Crippen molar-refractivity contribution in [2.75, 3.05) is 26.3 Å². The molecule has 0 radical (unpaired) electrons. The highest BCUT2D eigenvalue weighted by Crippen LogP contribution is 2.27. The van der Waals surface area contributed by atoms with Gasteiger partial charge in [0.2, 0.25) is 5.91 Å². The number of carbonyl (C=O) groups is 1. The Balaban J connectivity index is 1.77. The minimum atomic E-state index is -0.182. The van der Waals surface area contributed by atoms with Crippen LogP contribution in [0.15, 0.2) is 12.1 Å². The third-order valence-corrected chi connectivity index (χ3v) is 4.20. The average Bonchev–Trinajstić information content (AvgIpc) is 2.82. The van der Waals surface area contributed by atoms with Gasteiger partial charge in [-0.15, -0.1) is 0 Å². The first-order chi connectivity index (χ1) is 9.18. The molecule has 1 saturated heterocycles. The predicted octanol–water partition coefficient (Wildman–Crippen LogP) is 0.688. The Morgan fingerprint density at radius 3 is 3.00 bits per heavy atom. The molecule has 1 aromatic heterocycles. The van der Waals surface area contributed by atoms with E-state index in [1.165, 1.54) is 11.4 Å². The van der Waals surface area contributed by atoms with Crippen LogP contribution >= 0.6 is 0 Å². The maximum Gasteiger partial charge on any atom is 0.242 e. The minimum Gasteiger partial charge on any atom is -0.378 e. The lowest BCUT2D eigenvalue weighted by Crippen LogP contribution is -2.54. The molecule has 0 saturated carbocycles. The number of hydrogen-bond acceptors (Lipinski definition) is 3. The minimum absolute atomic E-state index is 0.138. The second-order valence-electron chi connectivity index (χ2n) is 5.34. The SMILES string of the molecule is Cc1ccc2n1CCN(C(=O)C1COCCN1)C2C. The second kappa shape index (κ2) is 4.98. The molecule has 1 amide bonds. The molecule has 3 heterocycles. The lowest BCUT2D eigenvalue weighted by atomic mass is 10.1. The molecular formula is C14H21N3O2. The number of aromatic nitrogens is 1. The van der Waals surface area contributed by atoms with E-state index in [4.69, 9.17) is 4.74 Å². The molecule has 0 spiro atoms. The number of morpholine rings is 1. The molecule has 0 bridgehead atoms. The summed E-state index contributed by atoms with van der Waals surface area (Å²) in [7, 11) is 0. The summed E-state index contributed by atoms with van der Waals surface area (Å²) in [6.45, 7) is 7.83. The second-order valence-corrected chi connectivity index (χ2v) is 5.34. The maximum atomic E-state index is 12.6. The van der Waals surface area contributed by atoms with Gasteiger partial charge < -0.3 is 19.5 Å². The van der Waals surface area contributed by atoms with Crippen LogP contribution < -0.4 is 5.32 Å². The zero-order chi connectivity index (χ0) is 13.4. The number of hydrogen-bond donors (Lipinski definition) is 1. The van der Waals surface area contributed by atoms with E-state index in [1.54, 1.807) is 0 Å². The first-order valence-corrected chi connectivity index (χ1v) is 6.96. The topological polar surface area (TPSA) is 46.5 Å². The zero-order valence-corrected chi connectivity index (χ0v) is 11.6. The Morgan fingerprint density at radius 2 is 2.26 bits per heavy atom. The molecule has 3 rings (SSSR count). The number of aryl methyl sites for hydroxylation is 1. The largest absolute Gasteiger partial charge is 0.378 e. The zero-order valence-electron chi connectivity index (χ0n) is 11.6. The number of ether oxygens (including phenoxy) is 1. The Morgan fingerprint density at radius 1 is 1.42 bits per heavy atom. The van der Waals surface area contributed by atoms with Gasteiger partial charge in [-0.25, -0.2) is 0 Å². The van der Waals surface area contributed by atoms with Gasteiger partial charge >= 0.3 is 0 Å². The monoisotopic (exact) mass is 263 g/mol. The summed E-state index contributed by atoms with van der Waals surface area (Å²) in [4.78, 5) is 14.5. The highest BCUT2D eigenvalue weighted by molar-refractivity contribution is 5.82. The number of carbonyl (C=O) groups excluding carboxylic acids is 1. The summed E-state index contributed by atoms with van der Waals surface area (Å²) in [6, 6.07) is 4.21. The molecular weight excluding hydrogens is 242 g/mol. The van der Waals surface area contributed by atoms with Crippen molar-refractivity contribution in [3.8, 4) is 0 Å². The summed E-state index contributed by atoms with van der Waals surface area (Å²) in [5.74, 6) is 0.164. The van der Waals surface area contributed by atoms with Gasteiger partial charge in [-0.2, -0.15) is 0 Å². The maximum absolute atomic E-state index is 12.6. The van der Waals surface area contributed by atoms with Crippen molar-refractivity contribution in [1.29, 1.82) is 0 Å². The lowest BCUT2D eigenvalue weighted by molar-refractivity contribution is -0.139. The normalized spacial score (nSPS) is 27.2. The van der Waals surface area contributed by atoms with Gasteiger partial charge in [0, 0.05) is 31.0 Å². The summed E-state index contributed by atoms with van der Waals surface area (Å²) in [5.41, 5.74) is 2.50. The molecule has 5 heteroatoms. The molecule has 104 valence electrons. The number of fused-ring (bicyclic) bond motifs is 1. The van der Waals surface area contributed by atoms with Crippen molar-refractivity contribution in [3.05, 3.63) is 23.5 Å². The van der Waals surface area contributed by atoms with E-state index >= 15 is 0 Å². The molecule has 1 aromatic rings. The van der Waals surface area contributed by atoms with Crippen molar-refractivity contribution < 1.29 is 9.53 Å². The van der Waals surface area contributed by atoms with Crippen LogP contribution in [-0.2, 0) is 16.1 Å². The van der Waals surface area contributed by atoms with Crippen molar-refractivity contribution in [3.63, 3.8) is 0 Å². The van der Waals surface area contributed by atoms with Crippen molar-refractivity contribution in [1.82, 2.24) is 14.8 Å². The van der Waals surface area contributed by atoms with Gasteiger partial charge in [-0.1, -0.05) is 0 Å². The van der Waals surface area contributed by atoms with Crippen LogP contribution in [0.3, 0.4) is 0 Å². The predicted molar refractivity (Wildman–Crippen MR) is 71.9 cm³/mol. The van der Waals surface area contributed by atoms with Gasteiger partial charge in [0.25, 0.3) is 0 Å². The van der Waals surface area contributed by atoms with Crippen molar-refractivity contribution in [2.45, 2.75) is 32.5 Å². The summed E-state index contributed by atoms with van der Waals surface area (Å²) in [6.07, 6.45) is 0. The van der Waals surface area contributed by atoms with E-state index in [0.29, 0.717) is 13.2 Å². The molecule has 2 aliphatic rings. The van der Waals surface area contributed by atoms with E-state index in [0.717, 1.165) is 19.6 Å². The molecule has 0 aliphatic carbocycles. The molecule has 19 heavy (non-hydrogen) atoms. The molecule has 1 N–H and O–H groups in total. The third-order valence-electron chi connectivity index (χ3n) is 4.20. The fourth-order valence-corrected chi connectivity index (χ4v) is 3.05. The van der Waals surface area contributed by atoms with Crippen LogP contribution in [0.1, 0.15) is 24.4 Å². The van der Waals surface area contributed by atoms with Crippen molar-refractivity contribution in [2.24, 2.45) is 0 Å². The molecule has 5 nitrogen and oxygen atoms in total. The van der Waals surface area contributed by atoms with Crippen molar-refractivity contribution >= 4 is 5.91 Å². The van der Waals surface area contributed by atoms with E-state index in [1.807, 2.05) is 4.90 Å². The van der Waals surface area contributed by atoms with Gasteiger partial charge in [0.05, 0.1) is 19.3 Å². The molecule has 2 aliphatic heterocycles. The van der Waals surface area contributed by atoms with Gasteiger partial charge in [-0.05, 0) is 26.0 Å². The highest BCUT2D eigenvalue weighted by atomic mass is 16.5. The number of nitrogens with one attached hydrogen (secondary N) is 1. The van der Waals surface area contributed by atoms with Crippen LogP contribution in [0.25, 0.3) is 0 Å². The highest BCUT2D eigenvalue weighted by Gasteiger charge is 2.33. The number of nitrogens with zero attached hydrogens (tertiary/aromatic N) is 2. The number of rotatable bonds is 1. The first-order valence-electron chi connectivity index (χ1n) is 6.96. The Labute approximate surface area is 113 Å². The standard InChI is InChI=1S/C14H21N3O2/c1-10-3-4-13-11(2)17(7-6-16(10)13)14(18)12-9-19-8-5-15-12/h3-4,11-12,15H,5-9H2,1-2H3. The van der Waals surface area contributed by atoms with E-state index in [-0.39, 0.29) is 18.0 Å². The van der Waals surface area contributed by atoms with E-state index in [9.17, 15) is 4.79 Å². The van der Waals surface area contributed by atoms with Gasteiger partial charge in [-0.3, -0.25) is 4.79 Å². The molecule has 0 aromatic carbocycles. The fourth-order valence-electron chi connectivity index (χ4n) is 3.05. The van der Waals surface area contributed by atoms with Crippen LogP contribution in [0.4, 0.5) is 0 Å². The van der Waals surface area contributed by atoms with Crippen LogP contribution in [0, 0.1) is 6.92 Å². The lowest BCUT2D eigenvalue weighted by Gasteiger charge is -2.38. The summed E-state index contributed by atoms with van der Waals surface area (Å²) >= 11 is 0. The molecule has 2 atom stereocenters. The van der Waals surface area contributed by atoms with Gasteiger partial charge in [0.15, 0.2) is 0 Å². The van der Waals surface area contributed by atoms with Gasteiger partial charge in [0.1, 0.15) is 6.04 Å². The Bertz CT molecular complexity index is 477. The van der Waals surface area contributed by atoms with Crippen LogP contribution in [0.5, 0.6) is 0 Å². The first kappa shape index (κ1) is 12.7. The number of amides is 1. The van der Waals surface area contributed by atoms with Crippen LogP contribution in [0.2, 0.25) is 0 Å². The third kappa shape index (κ3) is 2.17. The van der Waals surface area contributed by atoms with E-state index in [2.05, 4.69) is 35.9 Å². The fraction of sp³-hybridized carbons (Fsp3) is 0.643. The molecule has 1 fully saturated rings. The quantitative estimate of drug-likeness (QED) is 0.811. The summed E-state index contributed by atoms with van der Waals surface area (Å²) in [5, 5.41) is 3.24. The summed E-state index contributed by atoms with van der Waals surface area (Å²) < 4.78 is 7.69. The Hall–Kier alpha value is -1.33. The Kier molecular flexibility index (Phi) is 3.33. The smallest absolute Gasteiger partial charge is 0.242 e. The van der Waals surface area contributed by atoms with E-state index < -0.39 is 0 Å². The average molecular weight is 263 g/mol.